The Morgan fingerprint density at radius 1 is 1.25 bits per heavy atom. The smallest absolute Gasteiger partial charge is 0.327 e. The fraction of sp³-hybridized carbons (Fsp3) is 0.478. The lowest BCUT2D eigenvalue weighted by atomic mass is 9.96. The molecule has 13 heteroatoms. The van der Waals surface area contributed by atoms with Gasteiger partial charge in [-0.1, -0.05) is 11.8 Å². The first-order chi connectivity index (χ1) is 17.0. The summed E-state index contributed by atoms with van der Waals surface area (Å²) < 4.78 is 4.75. The fourth-order valence-corrected chi connectivity index (χ4v) is 6.81. The molecule has 1 aromatic rings. The second-order valence-corrected chi connectivity index (χ2v) is 12.0. The van der Waals surface area contributed by atoms with Crippen LogP contribution < -0.4 is 15.4 Å². The Morgan fingerprint density at radius 3 is 2.58 bits per heavy atom. The Bertz CT molecular complexity index is 1150. The number of rotatable bonds is 8. The number of carboxylic acid groups (broad SMARTS) is 1. The number of carbonyl (C=O) groups excluding carboxylic acids is 3. The monoisotopic (exact) mass is 533 g/mol. The molecule has 0 bridgehead atoms. The van der Waals surface area contributed by atoms with Crippen molar-refractivity contribution in [3.8, 4) is 5.75 Å². The molecule has 3 N–H and O–H groups in total. The second-order valence-electron chi connectivity index (χ2n) is 8.99. The number of β-lactam (4-membered cyclic amide) rings is 1. The van der Waals surface area contributed by atoms with E-state index in [0.29, 0.717) is 12.3 Å². The van der Waals surface area contributed by atoms with Crippen LogP contribution in [0.5, 0.6) is 5.75 Å². The van der Waals surface area contributed by atoms with E-state index in [9.17, 15) is 24.3 Å². The first-order valence-corrected chi connectivity index (χ1v) is 13.1. The minimum absolute atomic E-state index is 0.149. The number of amides is 3. The van der Waals surface area contributed by atoms with Gasteiger partial charge in [0.2, 0.25) is 17.7 Å². The third-order valence-corrected chi connectivity index (χ3v) is 8.66. The summed E-state index contributed by atoms with van der Waals surface area (Å²) in [6.45, 7) is 7.81. The van der Waals surface area contributed by atoms with Crippen LogP contribution in [-0.4, -0.2) is 78.6 Å². The van der Waals surface area contributed by atoms with Gasteiger partial charge in [0, 0.05) is 11.2 Å². The SMILES string of the molecule is CCOc1ccc(C(C)=NN=C2NC(=O)C(CC(=O)NC3C(=O)N4C3SC(C)(C)C4C(=O)O)S2)cc1. The molecule has 4 unspecified atom stereocenters. The maximum absolute atomic E-state index is 12.6. The zero-order valence-electron chi connectivity index (χ0n) is 20.2. The molecule has 3 saturated heterocycles. The standard InChI is InChI=1S/C23H27N5O6S2/c1-5-34-13-8-6-12(7-9-13)11(2)26-27-22-25-18(30)14(35-22)10-15(29)24-16-19(31)28-17(21(32)33)23(3,4)36-20(16)28/h6-9,14,16-17,20H,5,10H2,1-4H3,(H,24,29)(H,32,33)(H,25,27,30). The summed E-state index contributed by atoms with van der Waals surface area (Å²) >= 11 is 2.44. The van der Waals surface area contributed by atoms with E-state index in [1.807, 2.05) is 31.2 Å². The maximum atomic E-state index is 12.6. The van der Waals surface area contributed by atoms with Crippen molar-refractivity contribution in [2.24, 2.45) is 10.2 Å². The topological polar surface area (TPSA) is 150 Å². The van der Waals surface area contributed by atoms with Gasteiger partial charge >= 0.3 is 5.97 Å². The molecule has 1 aromatic carbocycles. The molecule has 0 saturated carbocycles. The van der Waals surface area contributed by atoms with Gasteiger partial charge in [-0.3, -0.25) is 14.4 Å². The molecule has 3 aliphatic heterocycles. The Hall–Kier alpha value is -3.06. The van der Waals surface area contributed by atoms with Crippen molar-refractivity contribution in [3.05, 3.63) is 29.8 Å². The first-order valence-electron chi connectivity index (χ1n) is 11.4. The van der Waals surface area contributed by atoms with E-state index in [1.54, 1.807) is 20.8 Å². The van der Waals surface area contributed by atoms with Gasteiger partial charge in [-0.15, -0.1) is 16.9 Å². The highest BCUT2D eigenvalue weighted by Crippen LogP contribution is 2.50. The van der Waals surface area contributed by atoms with Crippen LogP contribution in [0, 0.1) is 0 Å². The zero-order chi connectivity index (χ0) is 26.2. The van der Waals surface area contributed by atoms with Crippen molar-refractivity contribution in [2.75, 3.05) is 6.61 Å². The van der Waals surface area contributed by atoms with E-state index >= 15 is 0 Å². The minimum atomic E-state index is -1.07. The number of nitrogens with one attached hydrogen (secondary N) is 2. The van der Waals surface area contributed by atoms with Gasteiger partial charge < -0.3 is 25.4 Å². The molecule has 0 radical (unpaired) electrons. The number of hydrogen-bond acceptors (Lipinski definition) is 9. The molecule has 11 nitrogen and oxygen atoms in total. The van der Waals surface area contributed by atoms with Gasteiger partial charge in [-0.2, -0.15) is 5.10 Å². The van der Waals surface area contributed by atoms with E-state index in [2.05, 4.69) is 20.8 Å². The number of hydrogen-bond donors (Lipinski definition) is 3. The number of ether oxygens (including phenoxy) is 1. The number of thioether (sulfide) groups is 2. The van der Waals surface area contributed by atoms with Crippen LogP contribution in [0.1, 0.15) is 39.7 Å². The van der Waals surface area contributed by atoms with Crippen LogP contribution in [-0.2, 0) is 19.2 Å². The summed E-state index contributed by atoms with van der Waals surface area (Å²) in [5.41, 5.74) is 1.50. The third-order valence-electron chi connectivity index (χ3n) is 6.01. The van der Waals surface area contributed by atoms with Crippen molar-refractivity contribution in [1.29, 1.82) is 0 Å². The van der Waals surface area contributed by atoms with Crippen LogP contribution in [0.25, 0.3) is 0 Å². The Labute approximate surface area is 216 Å². The average molecular weight is 534 g/mol. The lowest BCUT2D eigenvalue weighted by Crippen LogP contribution is -2.70. The van der Waals surface area contributed by atoms with E-state index in [0.717, 1.165) is 23.1 Å². The van der Waals surface area contributed by atoms with Gasteiger partial charge in [0.25, 0.3) is 0 Å². The molecule has 3 amide bonds. The van der Waals surface area contributed by atoms with Gasteiger partial charge in [-0.25, -0.2) is 4.79 Å². The fourth-order valence-electron chi connectivity index (χ4n) is 4.27. The summed E-state index contributed by atoms with van der Waals surface area (Å²) in [7, 11) is 0. The van der Waals surface area contributed by atoms with Gasteiger partial charge in [0.1, 0.15) is 28.5 Å². The molecule has 0 aromatic heterocycles. The number of carboxylic acids is 1. The molecule has 192 valence electrons. The van der Waals surface area contributed by atoms with Crippen molar-refractivity contribution in [2.45, 2.75) is 61.6 Å². The third kappa shape index (κ3) is 5.07. The van der Waals surface area contributed by atoms with Crippen molar-refractivity contribution < 1.29 is 29.0 Å². The van der Waals surface area contributed by atoms with E-state index in [-0.39, 0.29) is 17.5 Å². The summed E-state index contributed by atoms with van der Waals surface area (Å²) in [4.78, 5) is 50.5. The lowest BCUT2D eigenvalue weighted by Gasteiger charge is -2.43. The van der Waals surface area contributed by atoms with Crippen LogP contribution in [0.3, 0.4) is 0 Å². The summed E-state index contributed by atoms with van der Waals surface area (Å²) in [6.07, 6.45) is -0.149. The van der Waals surface area contributed by atoms with Crippen molar-refractivity contribution in [1.82, 2.24) is 15.5 Å². The molecule has 3 fully saturated rings. The minimum Gasteiger partial charge on any atom is -0.494 e. The Balaban J connectivity index is 1.32. The number of nitrogens with zero attached hydrogens (tertiary/aromatic N) is 3. The van der Waals surface area contributed by atoms with Crippen LogP contribution >= 0.6 is 23.5 Å². The largest absolute Gasteiger partial charge is 0.494 e. The maximum Gasteiger partial charge on any atom is 0.327 e. The predicted octanol–water partition coefficient (Wildman–Crippen LogP) is 1.42. The lowest BCUT2D eigenvalue weighted by molar-refractivity contribution is -0.161. The molecule has 0 aliphatic carbocycles. The van der Waals surface area contributed by atoms with E-state index in [1.165, 1.54) is 16.7 Å². The first kappa shape index (κ1) is 26.0. The normalized spacial score (nSPS) is 27.9. The summed E-state index contributed by atoms with van der Waals surface area (Å²) in [5, 5.41) is 22.2. The van der Waals surface area contributed by atoms with Crippen LogP contribution in [0.4, 0.5) is 0 Å². The number of carbonyl (C=O) groups is 4. The number of amidine groups is 1. The molecule has 4 rings (SSSR count). The van der Waals surface area contributed by atoms with Crippen LogP contribution in [0.15, 0.2) is 34.5 Å². The second kappa shape index (κ2) is 10.1. The molecule has 3 aliphatic rings. The number of fused-ring (bicyclic) bond motifs is 1. The van der Waals surface area contributed by atoms with E-state index < -0.39 is 45.2 Å². The Morgan fingerprint density at radius 2 is 1.94 bits per heavy atom. The van der Waals surface area contributed by atoms with Gasteiger partial charge in [0.15, 0.2) is 5.17 Å². The predicted molar refractivity (Wildman–Crippen MR) is 137 cm³/mol. The molecule has 36 heavy (non-hydrogen) atoms. The summed E-state index contributed by atoms with van der Waals surface area (Å²) in [5.74, 6) is -1.57. The average Bonchev–Trinajstić information content (AvgIpc) is 3.30. The van der Waals surface area contributed by atoms with Crippen molar-refractivity contribution in [3.63, 3.8) is 0 Å². The number of aliphatic carboxylic acids is 1. The highest BCUT2D eigenvalue weighted by atomic mass is 32.2. The van der Waals surface area contributed by atoms with Gasteiger partial charge in [0.05, 0.1) is 12.3 Å². The molecule has 4 atom stereocenters. The van der Waals surface area contributed by atoms with Crippen molar-refractivity contribution >= 4 is 58.1 Å². The Kier molecular flexibility index (Phi) is 7.32. The zero-order valence-corrected chi connectivity index (χ0v) is 21.8. The quantitative estimate of drug-likeness (QED) is 0.258. The molecule has 0 spiro atoms. The highest BCUT2D eigenvalue weighted by molar-refractivity contribution is 8.15. The molecule has 3 heterocycles. The molecular weight excluding hydrogens is 506 g/mol. The van der Waals surface area contributed by atoms with Crippen LogP contribution in [0.2, 0.25) is 0 Å². The highest BCUT2D eigenvalue weighted by Gasteiger charge is 2.64. The number of benzene rings is 1. The van der Waals surface area contributed by atoms with Gasteiger partial charge in [-0.05, 0) is 57.5 Å². The molecular formula is C23H27N5O6S2. The summed E-state index contributed by atoms with van der Waals surface area (Å²) in [6, 6.07) is 5.64. The van der Waals surface area contributed by atoms with E-state index in [4.69, 9.17) is 4.74 Å².